The molecule has 0 spiro atoms. The Bertz CT molecular complexity index is 562. The van der Waals surface area contributed by atoms with Gasteiger partial charge in [0.2, 0.25) is 5.89 Å². The maximum atomic E-state index is 6.00. The lowest BCUT2D eigenvalue weighted by molar-refractivity contribution is 0.0246. The summed E-state index contributed by atoms with van der Waals surface area (Å²) in [5.41, 5.74) is 1.23. The highest BCUT2D eigenvalue weighted by Gasteiger charge is 2.23. The first-order valence-corrected chi connectivity index (χ1v) is 8.08. The highest BCUT2D eigenvalue weighted by atomic mass is 16.5. The van der Waals surface area contributed by atoms with Gasteiger partial charge in [-0.1, -0.05) is 42.4 Å². The smallest absolute Gasteiger partial charge is 0.318 e. The van der Waals surface area contributed by atoms with Gasteiger partial charge in [-0.05, 0) is 24.8 Å². The molecule has 5 nitrogen and oxygen atoms in total. The number of aromatic nitrogens is 2. The molecule has 0 atom stereocenters. The van der Waals surface area contributed by atoms with Crippen molar-refractivity contribution in [3.05, 3.63) is 41.8 Å². The molecule has 2 heterocycles. The summed E-state index contributed by atoms with van der Waals surface area (Å²) in [6.45, 7) is 4.62. The van der Waals surface area contributed by atoms with Gasteiger partial charge in [0.15, 0.2) is 0 Å². The lowest BCUT2D eigenvalue weighted by atomic mass is 10.1. The monoisotopic (exact) mass is 301 g/mol. The fourth-order valence-electron chi connectivity index (χ4n) is 2.69. The molecular weight excluding hydrogens is 278 g/mol. The molecule has 3 rings (SSSR count). The molecule has 2 aromatic rings. The zero-order chi connectivity index (χ0) is 15.2. The molecule has 1 aromatic heterocycles. The molecule has 1 aromatic carbocycles. The first kappa shape index (κ1) is 15.0. The number of nitrogens with zero attached hydrogens (tertiary/aromatic N) is 3. The summed E-state index contributed by atoms with van der Waals surface area (Å²) in [5.74, 6) is 0.736. The summed E-state index contributed by atoms with van der Waals surface area (Å²) in [6, 6.07) is 11.0. The Balaban J connectivity index is 1.45. The Hall–Kier alpha value is -1.88. The van der Waals surface area contributed by atoms with Crippen LogP contribution in [0.1, 0.15) is 37.6 Å². The third kappa shape index (κ3) is 3.85. The number of piperidine rings is 1. The minimum absolute atomic E-state index is 0.314. The number of benzene rings is 1. The second kappa shape index (κ2) is 7.40. The Morgan fingerprint density at radius 3 is 2.68 bits per heavy atom. The molecule has 0 N–H and O–H groups in total. The Kier molecular flexibility index (Phi) is 5.06. The fraction of sp³-hybridized carbons (Fsp3) is 0.529. The van der Waals surface area contributed by atoms with Crippen LogP contribution in [-0.4, -0.2) is 29.4 Å². The van der Waals surface area contributed by atoms with Gasteiger partial charge in [-0.15, -0.1) is 5.10 Å². The van der Waals surface area contributed by atoms with Gasteiger partial charge in [0.05, 0.1) is 12.7 Å². The summed E-state index contributed by atoms with van der Waals surface area (Å²) < 4.78 is 11.7. The van der Waals surface area contributed by atoms with Crippen LogP contribution in [0.2, 0.25) is 0 Å². The van der Waals surface area contributed by atoms with Crippen LogP contribution in [0.25, 0.3) is 0 Å². The predicted molar refractivity (Wildman–Crippen MR) is 84.8 cm³/mol. The largest absolute Gasteiger partial charge is 0.408 e. The summed E-state index contributed by atoms with van der Waals surface area (Å²) in [4.78, 5) is 2.16. The Labute approximate surface area is 131 Å². The second-order valence-corrected chi connectivity index (χ2v) is 5.71. The molecule has 0 saturated carbocycles. The predicted octanol–water partition coefficient (Wildman–Crippen LogP) is 3.21. The van der Waals surface area contributed by atoms with Crippen LogP contribution in [0, 0.1) is 0 Å². The standard InChI is InChI=1S/C17H23N3O2/c1-2-6-16-18-19-17(22-16)20-11-9-15(10-12-20)21-13-14-7-4-3-5-8-14/h3-5,7-8,15H,2,6,9-13H2,1H3. The molecule has 1 aliphatic heterocycles. The normalized spacial score (nSPS) is 16.1. The van der Waals surface area contributed by atoms with Crippen molar-refractivity contribution in [1.29, 1.82) is 0 Å². The van der Waals surface area contributed by atoms with E-state index in [0.29, 0.717) is 18.7 Å². The van der Waals surface area contributed by atoms with E-state index in [9.17, 15) is 0 Å². The van der Waals surface area contributed by atoms with Gasteiger partial charge < -0.3 is 14.1 Å². The zero-order valence-corrected chi connectivity index (χ0v) is 13.1. The van der Waals surface area contributed by atoms with Crippen molar-refractivity contribution in [2.75, 3.05) is 18.0 Å². The lowest BCUT2D eigenvalue weighted by Gasteiger charge is -2.30. The van der Waals surface area contributed by atoms with Crippen molar-refractivity contribution < 1.29 is 9.15 Å². The number of hydrogen-bond donors (Lipinski definition) is 0. The molecule has 1 saturated heterocycles. The molecule has 5 heteroatoms. The third-order valence-electron chi connectivity index (χ3n) is 3.96. The molecule has 0 aliphatic carbocycles. The molecule has 22 heavy (non-hydrogen) atoms. The van der Waals surface area contributed by atoms with E-state index in [-0.39, 0.29) is 0 Å². The topological polar surface area (TPSA) is 51.4 Å². The van der Waals surface area contributed by atoms with Gasteiger partial charge in [0.25, 0.3) is 0 Å². The average Bonchev–Trinajstić information content (AvgIpc) is 3.03. The van der Waals surface area contributed by atoms with Gasteiger partial charge in [0.1, 0.15) is 0 Å². The first-order valence-electron chi connectivity index (χ1n) is 8.08. The number of rotatable bonds is 6. The van der Waals surface area contributed by atoms with E-state index < -0.39 is 0 Å². The maximum absolute atomic E-state index is 6.00. The van der Waals surface area contributed by atoms with Gasteiger partial charge in [-0.2, -0.15) is 0 Å². The summed E-state index contributed by atoms with van der Waals surface area (Å²) in [5, 5.41) is 8.23. The van der Waals surface area contributed by atoms with E-state index >= 15 is 0 Å². The zero-order valence-electron chi connectivity index (χ0n) is 13.1. The first-order chi connectivity index (χ1) is 10.8. The molecule has 1 aliphatic rings. The van der Waals surface area contributed by atoms with E-state index in [4.69, 9.17) is 9.15 Å². The summed E-state index contributed by atoms with van der Waals surface area (Å²) in [6.07, 6.45) is 4.19. The molecule has 0 amide bonds. The molecule has 1 fully saturated rings. The van der Waals surface area contributed by atoms with Crippen LogP contribution in [0.4, 0.5) is 6.01 Å². The van der Waals surface area contributed by atoms with Crippen molar-refractivity contribution in [2.24, 2.45) is 0 Å². The van der Waals surface area contributed by atoms with Crippen LogP contribution < -0.4 is 4.90 Å². The SMILES string of the molecule is CCCc1nnc(N2CCC(OCc3ccccc3)CC2)o1. The number of aryl methyl sites for hydroxylation is 1. The third-order valence-corrected chi connectivity index (χ3v) is 3.96. The second-order valence-electron chi connectivity index (χ2n) is 5.71. The quantitative estimate of drug-likeness (QED) is 0.820. The maximum Gasteiger partial charge on any atom is 0.318 e. The molecule has 0 unspecified atom stereocenters. The van der Waals surface area contributed by atoms with Crippen molar-refractivity contribution in [3.63, 3.8) is 0 Å². The number of ether oxygens (including phenoxy) is 1. The average molecular weight is 301 g/mol. The van der Waals surface area contributed by atoms with E-state index in [1.165, 1.54) is 5.56 Å². The highest BCUT2D eigenvalue weighted by molar-refractivity contribution is 5.25. The van der Waals surface area contributed by atoms with Crippen LogP contribution in [0.3, 0.4) is 0 Å². The van der Waals surface area contributed by atoms with Crippen LogP contribution in [0.15, 0.2) is 34.7 Å². The number of hydrogen-bond acceptors (Lipinski definition) is 5. The Morgan fingerprint density at radius 1 is 1.18 bits per heavy atom. The van der Waals surface area contributed by atoms with E-state index in [2.05, 4.69) is 34.2 Å². The summed E-state index contributed by atoms with van der Waals surface area (Å²) in [7, 11) is 0. The van der Waals surface area contributed by atoms with Gasteiger partial charge in [0, 0.05) is 19.5 Å². The van der Waals surface area contributed by atoms with E-state index in [1.54, 1.807) is 0 Å². The van der Waals surface area contributed by atoms with Gasteiger partial charge in [-0.3, -0.25) is 0 Å². The fourth-order valence-corrected chi connectivity index (χ4v) is 2.69. The van der Waals surface area contributed by atoms with Crippen LogP contribution >= 0.6 is 0 Å². The minimum atomic E-state index is 0.314. The van der Waals surface area contributed by atoms with Crippen molar-refractivity contribution in [3.8, 4) is 0 Å². The van der Waals surface area contributed by atoms with E-state index in [1.807, 2.05) is 18.2 Å². The molecule has 0 radical (unpaired) electrons. The molecule has 118 valence electrons. The molecule has 0 bridgehead atoms. The minimum Gasteiger partial charge on any atom is -0.408 e. The molecular formula is C17H23N3O2. The van der Waals surface area contributed by atoms with Gasteiger partial charge in [-0.25, -0.2) is 0 Å². The lowest BCUT2D eigenvalue weighted by Crippen LogP contribution is -2.37. The van der Waals surface area contributed by atoms with Crippen LogP contribution in [0.5, 0.6) is 0 Å². The Morgan fingerprint density at radius 2 is 1.95 bits per heavy atom. The van der Waals surface area contributed by atoms with Crippen molar-refractivity contribution in [1.82, 2.24) is 10.2 Å². The van der Waals surface area contributed by atoms with Crippen LogP contribution in [-0.2, 0) is 17.8 Å². The van der Waals surface area contributed by atoms with Crippen molar-refractivity contribution >= 4 is 6.01 Å². The van der Waals surface area contributed by atoms with Gasteiger partial charge >= 0.3 is 6.01 Å². The summed E-state index contributed by atoms with van der Waals surface area (Å²) >= 11 is 0. The van der Waals surface area contributed by atoms with Crippen molar-refractivity contribution in [2.45, 2.75) is 45.3 Å². The number of anilines is 1. The van der Waals surface area contributed by atoms with E-state index in [0.717, 1.165) is 44.7 Å². The highest BCUT2D eigenvalue weighted by Crippen LogP contribution is 2.21.